The molecule has 0 bridgehead atoms. The van der Waals surface area contributed by atoms with Crippen LogP contribution in [-0.4, -0.2) is 33.2 Å². The third-order valence-electron chi connectivity index (χ3n) is 5.02. The fraction of sp³-hybridized carbons (Fsp3) is 0.318. The first-order valence-electron chi connectivity index (χ1n) is 9.65. The van der Waals surface area contributed by atoms with Gasteiger partial charge in [0.2, 0.25) is 0 Å². The number of carbonyl (C=O) groups excluding carboxylic acids is 1. The van der Waals surface area contributed by atoms with E-state index in [9.17, 15) is 17.6 Å². The highest BCUT2D eigenvalue weighted by atomic mass is 35.5. The smallest absolute Gasteiger partial charge is 0.251 e. The van der Waals surface area contributed by atoms with Crippen LogP contribution in [0.5, 0.6) is 0 Å². The van der Waals surface area contributed by atoms with Gasteiger partial charge in [0.25, 0.3) is 5.91 Å². The van der Waals surface area contributed by atoms with Gasteiger partial charge in [-0.1, -0.05) is 23.7 Å². The minimum atomic E-state index is -3.24. The Kier molecular flexibility index (Phi) is 6.83. The van der Waals surface area contributed by atoms with Crippen LogP contribution >= 0.6 is 11.6 Å². The molecule has 3 rings (SSSR count). The average Bonchev–Trinajstić information content (AvgIpc) is 3.15. The third-order valence-corrected chi connectivity index (χ3v) is 6.00. The molecule has 2 atom stereocenters. The molecule has 1 aliphatic rings. The molecule has 1 N–H and O–H groups in total. The summed E-state index contributed by atoms with van der Waals surface area (Å²) in [5.41, 5.74) is 1.85. The van der Waals surface area contributed by atoms with E-state index in [-0.39, 0.29) is 17.8 Å². The Balaban J connectivity index is 1.73. The third kappa shape index (κ3) is 5.40. The minimum Gasteiger partial charge on any atom is -0.364 e. The summed E-state index contributed by atoms with van der Waals surface area (Å²) in [7, 11) is -3.24. The highest BCUT2D eigenvalue weighted by molar-refractivity contribution is 7.93. The van der Waals surface area contributed by atoms with Crippen molar-refractivity contribution in [3.05, 3.63) is 75.9 Å². The highest BCUT2D eigenvalue weighted by Gasteiger charge is 2.30. The second kappa shape index (κ2) is 9.18. The number of carbonyl (C=O) groups is 1. The van der Waals surface area contributed by atoms with E-state index in [1.165, 1.54) is 12.1 Å². The molecule has 0 aromatic heterocycles. The Labute approximate surface area is 181 Å². The van der Waals surface area contributed by atoms with Crippen LogP contribution in [0.1, 0.15) is 41.7 Å². The Morgan fingerprint density at radius 3 is 2.60 bits per heavy atom. The average molecular weight is 451 g/mol. The maximum absolute atomic E-state index is 14.4. The van der Waals surface area contributed by atoms with Crippen molar-refractivity contribution < 1.29 is 17.6 Å². The number of amides is 1. The number of hydrogen-bond acceptors (Lipinski definition) is 4. The maximum atomic E-state index is 14.4. The lowest BCUT2D eigenvalue weighted by Gasteiger charge is -2.28. The second-order valence-electron chi connectivity index (χ2n) is 7.45. The summed E-state index contributed by atoms with van der Waals surface area (Å²) in [6.07, 6.45) is 4.24. The van der Waals surface area contributed by atoms with Crippen molar-refractivity contribution in [2.24, 2.45) is 0 Å². The molecule has 30 heavy (non-hydrogen) atoms. The van der Waals surface area contributed by atoms with Gasteiger partial charge in [0.1, 0.15) is 5.82 Å². The van der Waals surface area contributed by atoms with E-state index < -0.39 is 15.9 Å². The van der Waals surface area contributed by atoms with Crippen molar-refractivity contribution in [2.75, 3.05) is 17.7 Å². The lowest BCUT2D eigenvalue weighted by Crippen LogP contribution is -2.31. The molecular weight excluding hydrogens is 427 g/mol. The van der Waals surface area contributed by atoms with Gasteiger partial charge in [-0.25, -0.2) is 12.8 Å². The van der Waals surface area contributed by atoms with Crippen molar-refractivity contribution in [1.29, 1.82) is 0 Å². The summed E-state index contributed by atoms with van der Waals surface area (Å²) < 4.78 is 36.8. The van der Waals surface area contributed by atoms with E-state index in [0.717, 1.165) is 36.7 Å². The number of nitrogens with zero attached hydrogens (tertiary/aromatic N) is 1. The normalized spacial score (nSPS) is 18.0. The predicted molar refractivity (Wildman–Crippen MR) is 118 cm³/mol. The molecule has 0 aliphatic carbocycles. The van der Waals surface area contributed by atoms with Gasteiger partial charge >= 0.3 is 0 Å². The zero-order chi connectivity index (χ0) is 21.9. The van der Waals surface area contributed by atoms with Gasteiger partial charge < -0.3 is 10.2 Å². The Morgan fingerprint density at radius 1 is 1.27 bits per heavy atom. The van der Waals surface area contributed by atoms with Crippen LogP contribution in [0.3, 0.4) is 0 Å². The Bertz CT molecular complexity index is 1030. The zero-order valence-electron chi connectivity index (χ0n) is 16.8. The van der Waals surface area contributed by atoms with Crippen molar-refractivity contribution in [3.63, 3.8) is 0 Å². The van der Waals surface area contributed by atoms with Crippen LogP contribution in [0.4, 0.5) is 10.1 Å². The molecule has 8 heteroatoms. The lowest BCUT2D eigenvalue weighted by molar-refractivity contribution is 0.0947. The molecule has 1 fully saturated rings. The summed E-state index contributed by atoms with van der Waals surface area (Å²) in [6, 6.07) is 11.2. The van der Waals surface area contributed by atoms with E-state index in [1.807, 2.05) is 12.1 Å². The first-order chi connectivity index (χ1) is 14.2. The number of halogens is 2. The number of nitrogens with one attached hydrogen (secondary N) is 1. The number of anilines is 1. The molecule has 5 nitrogen and oxygen atoms in total. The Hall–Kier alpha value is -2.38. The molecule has 1 aliphatic heterocycles. The number of hydrogen-bond donors (Lipinski definition) is 1. The monoisotopic (exact) mass is 450 g/mol. The molecule has 1 heterocycles. The van der Waals surface area contributed by atoms with Gasteiger partial charge in [0, 0.05) is 46.1 Å². The van der Waals surface area contributed by atoms with Crippen LogP contribution in [0.2, 0.25) is 5.02 Å². The summed E-state index contributed by atoms with van der Waals surface area (Å²) >= 11 is 6.27. The molecule has 2 aromatic rings. The van der Waals surface area contributed by atoms with Crippen LogP contribution in [-0.2, 0) is 9.84 Å². The van der Waals surface area contributed by atoms with E-state index in [2.05, 4.69) is 10.2 Å². The molecule has 1 amide bonds. The summed E-state index contributed by atoms with van der Waals surface area (Å²) in [5.74, 6) is -0.617. The van der Waals surface area contributed by atoms with E-state index in [0.29, 0.717) is 16.1 Å². The van der Waals surface area contributed by atoms with Gasteiger partial charge in [0.15, 0.2) is 9.84 Å². The fourth-order valence-electron chi connectivity index (χ4n) is 3.61. The summed E-state index contributed by atoms with van der Waals surface area (Å²) in [4.78, 5) is 14.5. The topological polar surface area (TPSA) is 66.5 Å². The minimum absolute atomic E-state index is 0.153. The van der Waals surface area contributed by atoms with Gasteiger partial charge in [-0.05, 0) is 56.2 Å². The fourth-order valence-corrected chi connectivity index (χ4v) is 4.42. The van der Waals surface area contributed by atoms with Gasteiger partial charge in [-0.3, -0.25) is 4.79 Å². The van der Waals surface area contributed by atoms with Crippen LogP contribution in [0.25, 0.3) is 0 Å². The number of rotatable bonds is 6. The largest absolute Gasteiger partial charge is 0.364 e. The molecule has 2 aromatic carbocycles. The lowest BCUT2D eigenvalue weighted by atomic mass is 10.0. The van der Waals surface area contributed by atoms with Crippen molar-refractivity contribution >= 4 is 33.0 Å². The SMILES string of the molecule is C[C@H](/C=C/S(C)(=O)=O)NC(=O)c1ccc(N2CCCC2c2c(F)cccc2Cl)cc1. The van der Waals surface area contributed by atoms with Crippen LogP contribution < -0.4 is 10.2 Å². The van der Waals surface area contributed by atoms with Crippen molar-refractivity contribution in [1.82, 2.24) is 5.32 Å². The highest BCUT2D eigenvalue weighted by Crippen LogP contribution is 2.40. The van der Waals surface area contributed by atoms with E-state index in [1.54, 1.807) is 31.2 Å². The molecule has 160 valence electrons. The molecule has 1 saturated heterocycles. The maximum Gasteiger partial charge on any atom is 0.251 e. The summed E-state index contributed by atoms with van der Waals surface area (Å²) in [5, 5.41) is 4.22. The first kappa shape index (κ1) is 22.3. The molecule has 0 saturated carbocycles. The van der Waals surface area contributed by atoms with Gasteiger partial charge in [-0.2, -0.15) is 0 Å². The Morgan fingerprint density at radius 2 is 1.97 bits per heavy atom. The van der Waals surface area contributed by atoms with Gasteiger partial charge in [-0.15, -0.1) is 0 Å². The van der Waals surface area contributed by atoms with Crippen LogP contribution in [0.15, 0.2) is 53.9 Å². The zero-order valence-corrected chi connectivity index (χ0v) is 18.4. The second-order valence-corrected chi connectivity index (χ2v) is 9.79. The van der Waals surface area contributed by atoms with Crippen LogP contribution in [0, 0.1) is 5.82 Å². The molecular formula is C22H24ClFN2O3S. The van der Waals surface area contributed by atoms with E-state index >= 15 is 0 Å². The standard InChI is InChI=1S/C22H24ClFN2O3S/c1-15(12-14-30(2,28)29)25-22(27)16-8-10-17(11-9-16)26-13-4-7-20(26)21-18(23)5-3-6-19(21)24/h3,5-6,8-12,14-15,20H,4,7,13H2,1-2H3,(H,25,27)/b14-12+/t15-,20?/m1/s1. The number of benzene rings is 2. The quantitative estimate of drug-likeness (QED) is 0.703. The van der Waals surface area contributed by atoms with E-state index in [4.69, 9.17) is 11.6 Å². The first-order valence-corrected chi connectivity index (χ1v) is 12.0. The molecule has 0 radical (unpaired) electrons. The molecule has 0 spiro atoms. The van der Waals surface area contributed by atoms with Crippen molar-refractivity contribution in [3.8, 4) is 0 Å². The summed E-state index contributed by atoms with van der Waals surface area (Å²) in [6.45, 7) is 2.47. The predicted octanol–water partition coefficient (Wildman–Crippen LogP) is 4.50. The molecule has 1 unspecified atom stereocenters. The number of sulfone groups is 1. The van der Waals surface area contributed by atoms with Crippen molar-refractivity contribution in [2.45, 2.75) is 31.8 Å². The van der Waals surface area contributed by atoms with Gasteiger partial charge in [0.05, 0.1) is 6.04 Å².